The maximum absolute atomic E-state index is 11.3. The third kappa shape index (κ3) is 3.17. The molecule has 5 nitrogen and oxygen atoms in total. The Kier molecular flexibility index (Phi) is 5.17. The highest BCUT2D eigenvalue weighted by Crippen LogP contribution is 2.34. The van der Waals surface area contributed by atoms with Gasteiger partial charge in [-0.25, -0.2) is 4.79 Å². The first-order valence-corrected chi connectivity index (χ1v) is 9.16. The Morgan fingerprint density at radius 1 is 1.22 bits per heavy atom. The lowest BCUT2D eigenvalue weighted by atomic mass is 10.0. The summed E-state index contributed by atoms with van der Waals surface area (Å²) in [4.78, 5) is 11.3. The van der Waals surface area contributed by atoms with Gasteiger partial charge in [-0.3, -0.25) is 0 Å². The van der Waals surface area contributed by atoms with E-state index in [0.29, 0.717) is 20.4 Å². The predicted octanol–water partition coefficient (Wildman–Crippen LogP) is 5.28. The van der Waals surface area contributed by atoms with Crippen LogP contribution < -0.4 is 0 Å². The summed E-state index contributed by atoms with van der Waals surface area (Å²) in [6.07, 6.45) is 0.272. The predicted molar refractivity (Wildman–Crippen MR) is 106 cm³/mol. The third-order valence-corrected chi connectivity index (χ3v) is 5.81. The zero-order valence-corrected chi connectivity index (χ0v) is 16.9. The Bertz CT molecular complexity index is 1200. The third-order valence-electron chi connectivity index (χ3n) is 4.40. The molecule has 0 bridgehead atoms. The van der Waals surface area contributed by atoms with Crippen molar-refractivity contribution in [1.29, 1.82) is 10.5 Å². The van der Waals surface area contributed by atoms with Gasteiger partial charge in [-0.05, 0) is 45.8 Å². The molecule has 0 fully saturated rings. The number of fused-ring (bicyclic) bond motifs is 1. The van der Waals surface area contributed by atoms with Crippen LogP contribution in [-0.2, 0) is 13.5 Å². The van der Waals surface area contributed by atoms with Crippen molar-refractivity contribution in [2.45, 2.75) is 6.42 Å². The lowest BCUT2D eigenvalue weighted by molar-refractivity contribution is 0.0697. The Morgan fingerprint density at radius 2 is 1.89 bits per heavy atom. The van der Waals surface area contributed by atoms with Gasteiger partial charge in [0.05, 0.1) is 27.2 Å². The minimum absolute atomic E-state index is 0.0259. The quantitative estimate of drug-likeness (QED) is 0.573. The van der Waals surface area contributed by atoms with Crippen LogP contribution in [0.4, 0.5) is 0 Å². The molecule has 27 heavy (non-hydrogen) atoms. The number of aryl methyl sites for hydroxylation is 1. The number of aromatic nitrogens is 1. The first kappa shape index (κ1) is 19.3. The van der Waals surface area contributed by atoms with Crippen LogP contribution in [0.25, 0.3) is 10.9 Å². The van der Waals surface area contributed by atoms with Crippen LogP contribution in [0, 0.1) is 22.7 Å². The maximum atomic E-state index is 11.3. The molecule has 3 aromatic rings. The van der Waals surface area contributed by atoms with E-state index < -0.39 is 5.97 Å². The number of carbonyl (C=O) groups is 1. The van der Waals surface area contributed by atoms with Crippen LogP contribution in [0.5, 0.6) is 0 Å². The lowest BCUT2D eigenvalue weighted by Crippen LogP contribution is -2.03. The second kappa shape index (κ2) is 7.25. The van der Waals surface area contributed by atoms with E-state index in [9.17, 15) is 20.4 Å². The van der Waals surface area contributed by atoms with Gasteiger partial charge in [0.25, 0.3) is 0 Å². The summed E-state index contributed by atoms with van der Waals surface area (Å²) in [6, 6.07) is 10.6. The molecule has 8 heteroatoms. The van der Waals surface area contributed by atoms with E-state index >= 15 is 0 Å². The number of hydrogen-bond donors (Lipinski definition) is 1. The molecule has 134 valence electrons. The average Bonchev–Trinajstić information content (AvgIpc) is 2.92. The molecule has 0 aliphatic carbocycles. The molecule has 2 aromatic carbocycles. The Labute approximate surface area is 173 Å². The van der Waals surface area contributed by atoms with Gasteiger partial charge in [-0.1, -0.05) is 23.2 Å². The summed E-state index contributed by atoms with van der Waals surface area (Å²) >= 11 is 15.8. The van der Waals surface area contributed by atoms with Gasteiger partial charge < -0.3 is 9.67 Å². The zero-order valence-electron chi connectivity index (χ0n) is 13.8. The van der Waals surface area contributed by atoms with Crippen molar-refractivity contribution in [3.05, 3.63) is 66.7 Å². The molecule has 0 atom stereocenters. The molecule has 0 spiro atoms. The summed E-state index contributed by atoms with van der Waals surface area (Å²) in [6.45, 7) is 0. The van der Waals surface area contributed by atoms with Crippen LogP contribution in [-0.4, -0.2) is 15.6 Å². The maximum Gasteiger partial charge on any atom is 0.337 e. The van der Waals surface area contributed by atoms with Gasteiger partial charge in [0.15, 0.2) is 0 Å². The van der Waals surface area contributed by atoms with Crippen molar-refractivity contribution in [3.8, 4) is 12.1 Å². The smallest absolute Gasteiger partial charge is 0.337 e. The van der Waals surface area contributed by atoms with Crippen LogP contribution in [0.2, 0.25) is 10.0 Å². The number of carboxylic acids is 1. The SMILES string of the molecule is Cn1c(Cc2c(Cl)ccc(C(=O)O)c2Cl)cc2c(C#N)c(C#N)c(Br)cc21. The standard InChI is InChI=1S/C19H10BrCl2N3O2/c1-25-9(5-12-16(21)3-2-10(18(12)22)19(26)27)4-11-13(7-23)14(8-24)15(20)6-17(11)25/h2-4,6H,5H2,1H3,(H,26,27). The number of hydrogen-bond acceptors (Lipinski definition) is 3. The number of nitrogens with zero attached hydrogens (tertiary/aromatic N) is 3. The summed E-state index contributed by atoms with van der Waals surface area (Å²) in [5, 5.41) is 29.2. The number of carboxylic acid groups (broad SMARTS) is 1. The Balaban J connectivity index is 2.23. The molecule has 1 aromatic heterocycles. The molecule has 0 aliphatic rings. The zero-order chi connectivity index (χ0) is 19.9. The molecule has 0 saturated heterocycles. The molecule has 0 radical (unpaired) electrons. The molecule has 3 rings (SSSR count). The Morgan fingerprint density at radius 3 is 2.48 bits per heavy atom. The number of rotatable bonds is 3. The first-order chi connectivity index (χ1) is 12.8. The largest absolute Gasteiger partial charge is 0.478 e. The molecule has 0 unspecified atom stereocenters. The van der Waals surface area contributed by atoms with Crippen LogP contribution in [0.15, 0.2) is 28.7 Å². The number of halogens is 3. The van der Waals surface area contributed by atoms with E-state index in [1.54, 1.807) is 12.1 Å². The molecule has 0 amide bonds. The molecule has 1 N–H and O–H groups in total. The summed E-state index contributed by atoms with van der Waals surface area (Å²) < 4.78 is 2.40. The highest BCUT2D eigenvalue weighted by molar-refractivity contribution is 9.10. The van der Waals surface area contributed by atoms with E-state index in [1.165, 1.54) is 12.1 Å². The van der Waals surface area contributed by atoms with Crippen molar-refractivity contribution in [2.24, 2.45) is 7.05 Å². The molecule has 1 heterocycles. The van der Waals surface area contributed by atoms with Crippen LogP contribution >= 0.6 is 39.1 Å². The van der Waals surface area contributed by atoms with Crippen LogP contribution in [0.1, 0.15) is 32.7 Å². The number of benzene rings is 2. The van der Waals surface area contributed by atoms with Gasteiger partial charge in [0.1, 0.15) is 12.1 Å². The number of aromatic carboxylic acids is 1. The van der Waals surface area contributed by atoms with E-state index in [-0.39, 0.29) is 28.1 Å². The highest BCUT2D eigenvalue weighted by Gasteiger charge is 2.20. The van der Waals surface area contributed by atoms with Crippen molar-refractivity contribution in [1.82, 2.24) is 4.57 Å². The average molecular weight is 463 g/mol. The minimum Gasteiger partial charge on any atom is -0.478 e. The fourth-order valence-corrected chi connectivity index (χ4v) is 4.08. The normalized spacial score (nSPS) is 10.6. The van der Waals surface area contributed by atoms with E-state index in [0.717, 1.165) is 11.2 Å². The van der Waals surface area contributed by atoms with Gasteiger partial charge in [-0.15, -0.1) is 0 Å². The van der Waals surface area contributed by atoms with Crippen molar-refractivity contribution < 1.29 is 9.90 Å². The van der Waals surface area contributed by atoms with Gasteiger partial charge in [-0.2, -0.15) is 10.5 Å². The van der Waals surface area contributed by atoms with E-state index in [2.05, 4.69) is 22.0 Å². The highest BCUT2D eigenvalue weighted by atomic mass is 79.9. The second-order valence-electron chi connectivity index (χ2n) is 5.83. The minimum atomic E-state index is -1.13. The summed E-state index contributed by atoms with van der Waals surface area (Å²) in [5.41, 5.74) is 2.54. The topological polar surface area (TPSA) is 89.8 Å². The molecule has 0 saturated carbocycles. The fraction of sp³-hybridized carbons (Fsp3) is 0.105. The van der Waals surface area contributed by atoms with Gasteiger partial charge in [0, 0.05) is 34.0 Å². The lowest BCUT2D eigenvalue weighted by Gasteiger charge is -2.11. The van der Waals surface area contributed by atoms with E-state index in [4.69, 9.17) is 23.2 Å². The van der Waals surface area contributed by atoms with Crippen molar-refractivity contribution in [2.75, 3.05) is 0 Å². The summed E-state index contributed by atoms with van der Waals surface area (Å²) in [7, 11) is 1.82. The van der Waals surface area contributed by atoms with Crippen molar-refractivity contribution in [3.63, 3.8) is 0 Å². The monoisotopic (exact) mass is 461 g/mol. The second-order valence-corrected chi connectivity index (χ2v) is 7.47. The molecular weight excluding hydrogens is 453 g/mol. The Hall–Kier alpha value is -2.51. The summed E-state index contributed by atoms with van der Waals surface area (Å²) in [5.74, 6) is -1.13. The number of nitriles is 2. The van der Waals surface area contributed by atoms with Crippen molar-refractivity contribution >= 4 is 56.0 Å². The van der Waals surface area contributed by atoms with Crippen LogP contribution in [0.3, 0.4) is 0 Å². The first-order valence-electron chi connectivity index (χ1n) is 7.61. The van der Waals surface area contributed by atoms with Gasteiger partial charge >= 0.3 is 5.97 Å². The van der Waals surface area contributed by atoms with Gasteiger partial charge in [0.2, 0.25) is 0 Å². The fourth-order valence-electron chi connectivity index (χ4n) is 2.99. The molecule has 0 aliphatic heterocycles. The molecular formula is C19H10BrCl2N3O2. The van der Waals surface area contributed by atoms with E-state index in [1.807, 2.05) is 17.7 Å².